The van der Waals surface area contributed by atoms with Gasteiger partial charge in [-0.3, -0.25) is 4.98 Å². The summed E-state index contributed by atoms with van der Waals surface area (Å²) in [6.45, 7) is 6.05. The minimum atomic E-state index is -0.00702. The molecule has 1 unspecified atom stereocenters. The zero-order chi connectivity index (χ0) is 14.0. The second-order valence-corrected chi connectivity index (χ2v) is 6.17. The first-order valence-corrected chi connectivity index (χ1v) is 7.34. The monoisotopic (exact) mass is 270 g/mol. The van der Waals surface area contributed by atoms with E-state index in [1.54, 1.807) is 0 Å². The minimum absolute atomic E-state index is 0.00702. The quantitative estimate of drug-likeness (QED) is 0.929. The third kappa shape index (κ3) is 3.00. The maximum Gasteiger partial charge on any atom is 0.0746 e. The van der Waals surface area contributed by atoms with Crippen molar-refractivity contribution in [2.45, 2.75) is 44.9 Å². The Kier molecular flexibility index (Phi) is 3.72. The fourth-order valence-electron chi connectivity index (χ4n) is 2.97. The van der Waals surface area contributed by atoms with E-state index in [-0.39, 0.29) is 5.60 Å². The van der Waals surface area contributed by atoms with Gasteiger partial charge in [0.05, 0.1) is 11.1 Å². The second kappa shape index (κ2) is 5.51. The van der Waals surface area contributed by atoms with Gasteiger partial charge < -0.3 is 10.1 Å². The SMILES string of the molecule is CC1(C)CC(NCc2cccc3cccnc23)CCO1. The number of nitrogens with zero attached hydrogens (tertiary/aromatic N) is 1. The van der Waals surface area contributed by atoms with Crippen molar-refractivity contribution in [1.29, 1.82) is 0 Å². The lowest BCUT2D eigenvalue weighted by molar-refractivity contribution is -0.0630. The number of aromatic nitrogens is 1. The molecule has 1 fully saturated rings. The number of rotatable bonds is 3. The van der Waals surface area contributed by atoms with E-state index in [2.05, 4.69) is 48.4 Å². The van der Waals surface area contributed by atoms with E-state index in [0.717, 1.165) is 31.5 Å². The average Bonchev–Trinajstić information content (AvgIpc) is 2.44. The Labute approximate surface area is 120 Å². The van der Waals surface area contributed by atoms with Gasteiger partial charge >= 0.3 is 0 Å². The van der Waals surface area contributed by atoms with Gasteiger partial charge in [0, 0.05) is 30.8 Å². The van der Waals surface area contributed by atoms with Crippen LogP contribution in [0.25, 0.3) is 10.9 Å². The van der Waals surface area contributed by atoms with Crippen LogP contribution in [0.3, 0.4) is 0 Å². The normalized spacial score (nSPS) is 22.0. The number of ether oxygens (including phenoxy) is 1. The first-order valence-electron chi connectivity index (χ1n) is 7.34. The molecule has 20 heavy (non-hydrogen) atoms. The molecule has 2 aromatic rings. The second-order valence-electron chi connectivity index (χ2n) is 6.17. The lowest BCUT2D eigenvalue weighted by Gasteiger charge is -2.36. The maximum atomic E-state index is 5.77. The number of pyridine rings is 1. The van der Waals surface area contributed by atoms with E-state index in [4.69, 9.17) is 4.74 Å². The topological polar surface area (TPSA) is 34.2 Å². The highest BCUT2D eigenvalue weighted by atomic mass is 16.5. The third-order valence-electron chi connectivity index (χ3n) is 3.99. The predicted octanol–water partition coefficient (Wildman–Crippen LogP) is 3.28. The van der Waals surface area contributed by atoms with Crippen LogP contribution >= 0.6 is 0 Å². The fraction of sp³-hybridized carbons (Fsp3) is 0.471. The first-order chi connectivity index (χ1) is 9.64. The smallest absolute Gasteiger partial charge is 0.0746 e. The van der Waals surface area contributed by atoms with Crippen molar-refractivity contribution in [1.82, 2.24) is 10.3 Å². The molecule has 1 saturated heterocycles. The van der Waals surface area contributed by atoms with Gasteiger partial charge in [-0.15, -0.1) is 0 Å². The summed E-state index contributed by atoms with van der Waals surface area (Å²) in [6.07, 6.45) is 4.01. The minimum Gasteiger partial charge on any atom is -0.375 e. The number of para-hydroxylation sites is 1. The summed E-state index contributed by atoms with van der Waals surface area (Å²) in [5, 5.41) is 4.87. The molecule has 1 N–H and O–H groups in total. The molecule has 1 aromatic heterocycles. The van der Waals surface area contributed by atoms with Gasteiger partial charge in [-0.25, -0.2) is 0 Å². The van der Waals surface area contributed by atoms with Crippen molar-refractivity contribution in [2.75, 3.05) is 6.61 Å². The summed E-state index contributed by atoms with van der Waals surface area (Å²) < 4.78 is 5.77. The lowest BCUT2D eigenvalue weighted by atomic mass is 9.94. The van der Waals surface area contributed by atoms with Crippen LogP contribution in [0.2, 0.25) is 0 Å². The maximum absolute atomic E-state index is 5.77. The highest BCUT2D eigenvalue weighted by Gasteiger charge is 2.28. The highest BCUT2D eigenvalue weighted by molar-refractivity contribution is 5.81. The number of hydrogen-bond acceptors (Lipinski definition) is 3. The molecular weight excluding hydrogens is 248 g/mol. The van der Waals surface area contributed by atoms with Crippen LogP contribution in [-0.2, 0) is 11.3 Å². The van der Waals surface area contributed by atoms with Crippen LogP contribution in [0, 0.1) is 0 Å². The molecule has 3 nitrogen and oxygen atoms in total. The number of nitrogens with one attached hydrogen (secondary N) is 1. The highest BCUT2D eigenvalue weighted by Crippen LogP contribution is 2.24. The van der Waals surface area contributed by atoms with Crippen LogP contribution in [0.15, 0.2) is 36.5 Å². The van der Waals surface area contributed by atoms with Gasteiger partial charge in [-0.2, -0.15) is 0 Å². The van der Waals surface area contributed by atoms with E-state index >= 15 is 0 Å². The van der Waals surface area contributed by atoms with Gasteiger partial charge in [0.25, 0.3) is 0 Å². The largest absolute Gasteiger partial charge is 0.375 e. The lowest BCUT2D eigenvalue weighted by Crippen LogP contribution is -2.43. The van der Waals surface area contributed by atoms with Crippen LogP contribution in [0.1, 0.15) is 32.3 Å². The molecule has 3 heteroatoms. The Balaban J connectivity index is 1.71. The summed E-state index contributed by atoms with van der Waals surface area (Å²) >= 11 is 0. The molecule has 0 bridgehead atoms. The van der Waals surface area contributed by atoms with E-state index < -0.39 is 0 Å². The molecule has 0 aliphatic carbocycles. The van der Waals surface area contributed by atoms with Crippen molar-refractivity contribution in [2.24, 2.45) is 0 Å². The molecule has 3 rings (SSSR count). The number of fused-ring (bicyclic) bond motifs is 1. The summed E-state index contributed by atoms with van der Waals surface area (Å²) in [5.41, 5.74) is 2.37. The standard InChI is InChI=1S/C17H22N2O/c1-17(2)11-15(8-10-20-17)19-12-14-6-3-5-13-7-4-9-18-16(13)14/h3-7,9,15,19H,8,10-12H2,1-2H3. The Morgan fingerprint density at radius 2 is 2.15 bits per heavy atom. The van der Waals surface area contributed by atoms with Crippen LogP contribution in [-0.4, -0.2) is 23.2 Å². The average molecular weight is 270 g/mol. The molecular formula is C17H22N2O. The van der Waals surface area contributed by atoms with Crippen molar-refractivity contribution < 1.29 is 4.74 Å². The van der Waals surface area contributed by atoms with Crippen LogP contribution in [0.4, 0.5) is 0 Å². The van der Waals surface area contributed by atoms with Crippen molar-refractivity contribution in [3.8, 4) is 0 Å². The fourth-order valence-corrected chi connectivity index (χ4v) is 2.97. The molecule has 106 valence electrons. The molecule has 0 spiro atoms. The summed E-state index contributed by atoms with van der Waals surface area (Å²) in [5.74, 6) is 0. The first kappa shape index (κ1) is 13.5. The van der Waals surface area contributed by atoms with Gasteiger partial charge in [0.2, 0.25) is 0 Å². The van der Waals surface area contributed by atoms with E-state index in [1.165, 1.54) is 10.9 Å². The van der Waals surface area contributed by atoms with Crippen molar-refractivity contribution in [3.05, 3.63) is 42.1 Å². The molecule has 0 saturated carbocycles. The van der Waals surface area contributed by atoms with Crippen LogP contribution < -0.4 is 5.32 Å². The van der Waals surface area contributed by atoms with Gasteiger partial charge in [0.15, 0.2) is 0 Å². The van der Waals surface area contributed by atoms with E-state index in [0.29, 0.717) is 6.04 Å². The Bertz CT molecular complexity index is 589. The molecule has 1 aromatic carbocycles. The molecule has 1 aliphatic heterocycles. The Morgan fingerprint density at radius 3 is 3.00 bits per heavy atom. The van der Waals surface area contributed by atoms with Crippen molar-refractivity contribution >= 4 is 10.9 Å². The van der Waals surface area contributed by atoms with Gasteiger partial charge in [0.1, 0.15) is 0 Å². The van der Waals surface area contributed by atoms with E-state index in [9.17, 15) is 0 Å². The summed E-state index contributed by atoms with van der Waals surface area (Å²) in [7, 11) is 0. The Hall–Kier alpha value is -1.45. The number of hydrogen-bond donors (Lipinski definition) is 1. The predicted molar refractivity (Wildman–Crippen MR) is 81.6 cm³/mol. The summed E-state index contributed by atoms with van der Waals surface area (Å²) in [6, 6.07) is 11.0. The van der Waals surface area contributed by atoms with Gasteiger partial charge in [-0.05, 0) is 38.3 Å². The molecule has 0 radical (unpaired) electrons. The third-order valence-corrected chi connectivity index (χ3v) is 3.99. The van der Waals surface area contributed by atoms with Crippen molar-refractivity contribution in [3.63, 3.8) is 0 Å². The van der Waals surface area contributed by atoms with Crippen LogP contribution in [0.5, 0.6) is 0 Å². The van der Waals surface area contributed by atoms with E-state index in [1.807, 2.05) is 12.3 Å². The molecule has 2 heterocycles. The number of benzene rings is 1. The van der Waals surface area contributed by atoms with Gasteiger partial charge in [-0.1, -0.05) is 24.3 Å². The summed E-state index contributed by atoms with van der Waals surface area (Å²) in [4.78, 5) is 4.51. The molecule has 0 amide bonds. The Morgan fingerprint density at radius 1 is 1.30 bits per heavy atom. The zero-order valence-corrected chi connectivity index (χ0v) is 12.2. The molecule has 1 aliphatic rings. The molecule has 1 atom stereocenters. The zero-order valence-electron chi connectivity index (χ0n) is 12.2.